The quantitative estimate of drug-likeness (QED) is 0.761. The van der Waals surface area contributed by atoms with E-state index in [0.29, 0.717) is 37.7 Å². The fourth-order valence-corrected chi connectivity index (χ4v) is 3.85. The lowest BCUT2D eigenvalue weighted by Gasteiger charge is -2.31. The monoisotopic (exact) mass is 357 g/mol. The zero-order chi connectivity index (χ0) is 18.4. The highest BCUT2D eigenvalue weighted by molar-refractivity contribution is 5.94. The fraction of sp³-hybridized carbons (Fsp3) is 0.550. The third-order valence-electron chi connectivity index (χ3n) is 5.29. The van der Waals surface area contributed by atoms with Crippen LogP contribution < -0.4 is 10.6 Å². The van der Waals surface area contributed by atoms with Crippen LogP contribution in [-0.4, -0.2) is 48.3 Å². The van der Waals surface area contributed by atoms with Gasteiger partial charge in [-0.05, 0) is 25.0 Å². The van der Waals surface area contributed by atoms with Crippen LogP contribution in [0.2, 0.25) is 0 Å². The number of benzene rings is 1. The Morgan fingerprint density at radius 2 is 1.69 bits per heavy atom. The van der Waals surface area contributed by atoms with Crippen molar-refractivity contribution >= 4 is 17.7 Å². The Kier molecular flexibility index (Phi) is 6.26. The number of hydrogen-bond donors (Lipinski definition) is 2. The number of carbonyl (C=O) groups excluding carboxylic acids is 3. The van der Waals surface area contributed by atoms with E-state index in [9.17, 15) is 14.4 Å². The molecule has 26 heavy (non-hydrogen) atoms. The maximum Gasteiger partial charge on any atom is 0.251 e. The van der Waals surface area contributed by atoms with Crippen molar-refractivity contribution in [1.29, 1.82) is 0 Å². The summed E-state index contributed by atoms with van der Waals surface area (Å²) in [5.41, 5.74) is 0.600. The molecule has 1 aromatic rings. The summed E-state index contributed by atoms with van der Waals surface area (Å²) in [5.74, 6) is -0.409. The van der Waals surface area contributed by atoms with Gasteiger partial charge in [-0.2, -0.15) is 0 Å². The molecular formula is C20H27N3O3. The van der Waals surface area contributed by atoms with Crippen LogP contribution in [-0.2, 0) is 9.59 Å². The van der Waals surface area contributed by atoms with Crippen molar-refractivity contribution in [1.82, 2.24) is 15.5 Å². The lowest BCUT2D eigenvalue weighted by molar-refractivity contribution is -0.130. The van der Waals surface area contributed by atoms with Crippen molar-refractivity contribution in [3.8, 4) is 0 Å². The molecule has 1 atom stereocenters. The van der Waals surface area contributed by atoms with Crippen LogP contribution in [0.5, 0.6) is 0 Å². The van der Waals surface area contributed by atoms with E-state index in [-0.39, 0.29) is 23.6 Å². The normalized spacial score (nSPS) is 20.8. The van der Waals surface area contributed by atoms with Crippen LogP contribution >= 0.6 is 0 Å². The molecule has 3 rings (SSSR count). The number of carbonyl (C=O) groups is 3. The molecule has 2 fully saturated rings. The molecule has 1 aromatic carbocycles. The van der Waals surface area contributed by atoms with Gasteiger partial charge < -0.3 is 15.5 Å². The van der Waals surface area contributed by atoms with Crippen LogP contribution in [0.3, 0.4) is 0 Å². The highest BCUT2D eigenvalue weighted by atomic mass is 16.2. The Morgan fingerprint density at radius 1 is 1.00 bits per heavy atom. The molecule has 3 amide bonds. The molecule has 0 bridgehead atoms. The lowest BCUT2D eigenvalue weighted by Crippen LogP contribution is -2.40. The number of nitrogens with zero attached hydrogens (tertiary/aromatic N) is 1. The van der Waals surface area contributed by atoms with E-state index in [2.05, 4.69) is 10.6 Å². The number of hydrogen-bond acceptors (Lipinski definition) is 3. The van der Waals surface area contributed by atoms with Crippen molar-refractivity contribution in [2.24, 2.45) is 5.92 Å². The summed E-state index contributed by atoms with van der Waals surface area (Å²) in [6.45, 7) is 1.27. The van der Waals surface area contributed by atoms with E-state index in [0.717, 1.165) is 12.8 Å². The molecule has 1 heterocycles. The molecule has 2 aliphatic rings. The van der Waals surface area contributed by atoms with Gasteiger partial charge in [-0.3, -0.25) is 14.4 Å². The summed E-state index contributed by atoms with van der Waals surface area (Å²) in [6.07, 6.45) is 6.02. The molecule has 0 aromatic heterocycles. The molecular weight excluding hydrogens is 330 g/mol. The van der Waals surface area contributed by atoms with Crippen LogP contribution in [0.4, 0.5) is 0 Å². The molecule has 1 saturated heterocycles. The number of likely N-dealkylation sites (tertiary alicyclic amines) is 1. The summed E-state index contributed by atoms with van der Waals surface area (Å²) < 4.78 is 0. The van der Waals surface area contributed by atoms with Gasteiger partial charge in [0.25, 0.3) is 5.91 Å². The van der Waals surface area contributed by atoms with Crippen molar-refractivity contribution in [2.45, 2.75) is 44.6 Å². The Morgan fingerprint density at radius 3 is 2.42 bits per heavy atom. The third kappa shape index (κ3) is 4.62. The van der Waals surface area contributed by atoms with Gasteiger partial charge >= 0.3 is 0 Å². The van der Waals surface area contributed by atoms with Gasteiger partial charge in [-0.15, -0.1) is 0 Å². The highest BCUT2D eigenvalue weighted by Gasteiger charge is 2.37. The van der Waals surface area contributed by atoms with Gasteiger partial charge in [-0.1, -0.05) is 37.5 Å². The number of nitrogens with one attached hydrogen (secondary N) is 2. The first-order valence-electron chi connectivity index (χ1n) is 9.55. The summed E-state index contributed by atoms with van der Waals surface area (Å²) in [7, 11) is 0. The summed E-state index contributed by atoms with van der Waals surface area (Å²) in [6, 6.07) is 9.29. The molecule has 1 aliphatic heterocycles. The second-order valence-corrected chi connectivity index (χ2v) is 7.15. The average molecular weight is 357 g/mol. The van der Waals surface area contributed by atoms with E-state index >= 15 is 0 Å². The van der Waals surface area contributed by atoms with Gasteiger partial charge in [-0.25, -0.2) is 0 Å². The Bertz CT molecular complexity index is 641. The minimum atomic E-state index is -0.269. The van der Waals surface area contributed by atoms with Gasteiger partial charge in [0.2, 0.25) is 11.8 Å². The molecule has 1 aliphatic carbocycles. The van der Waals surface area contributed by atoms with Crippen molar-refractivity contribution < 1.29 is 14.4 Å². The third-order valence-corrected chi connectivity index (χ3v) is 5.29. The molecule has 6 nitrogen and oxygen atoms in total. The van der Waals surface area contributed by atoms with E-state index < -0.39 is 0 Å². The van der Waals surface area contributed by atoms with Crippen LogP contribution in [0.15, 0.2) is 30.3 Å². The maximum atomic E-state index is 12.3. The summed E-state index contributed by atoms with van der Waals surface area (Å²) in [5, 5.41) is 5.63. The first kappa shape index (κ1) is 18.4. The predicted molar refractivity (Wildman–Crippen MR) is 98.5 cm³/mol. The molecule has 0 radical (unpaired) electrons. The maximum absolute atomic E-state index is 12.3. The molecule has 1 unspecified atom stereocenters. The van der Waals surface area contributed by atoms with Crippen LogP contribution in [0.1, 0.15) is 48.9 Å². The topological polar surface area (TPSA) is 78.5 Å². The van der Waals surface area contributed by atoms with Crippen molar-refractivity contribution in [2.75, 3.05) is 19.6 Å². The molecule has 2 N–H and O–H groups in total. The number of rotatable bonds is 6. The number of amides is 3. The second kappa shape index (κ2) is 8.83. The Labute approximate surface area is 154 Å². The van der Waals surface area contributed by atoms with Gasteiger partial charge in [0.15, 0.2) is 0 Å². The van der Waals surface area contributed by atoms with Gasteiger partial charge in [0, 0.05) is 37.7 Å². The zero-order valence-corrected chi connectivity index (χ0v) is 15.1. The molecule has 140 valence electrons. The minimum absolute atomic E-state index is 0.0920. The van der Waals surface area contributed by atoms with Crippen LogP contribution in [0, 0.1) is 5.92 Å². The van der Waals surface area contributed by atoms with Gasteiger partial charge in [0.1, 0.15) is 0 Å². The van der Waals surface area contributed by atoms with E-state index in [4.69, 9.17) is 0 Å². The SMILES string of the molecule is O=C(NCCNC(=O)C1CC(=O)N(C2CCCCC2)C1)c1ccccc1. The van der Waals surface area contributed by atoms with Crippen molar-refractivity contribution in [3.05, 3.63) is 35.9 Å². The minimum Gasteiger partial charge on any atom is -0.354 e. The Hall–Kier alpha value is -2.37. The standard InChI is InChI=1S/C20H27N3O3/c24-18-13-16(14-23(18)17-9-5-2-6-10-17)20(26)22-12-11-21-19(25)15-7-3-1-4-8-15/h1,3-4,7-8,16-17H,2,5-6,9-14H2,(H,21,25)(H,22,26). The van der Waals surface area contributed by atoms with Crippen molar-refractivity contribution in [3.63, 3.8) is 0 Å². The van der Waals surface area contributed by atoms with Gasteiger partial charge in [0.05, 0.1) is 5.92 Å². The summed E-state index contributed by atoms with van der Waals surface area (Å²) >= 11 is 0. The van der Waals surface area contributed by atoms with E-state index in [1.165, 1.54) is 19.3 Å². The van der Waals surface area contributed by atoms with E-state index in [1.54, 1.807) is 12.1 Å². The molecule has 1 saturated carbocycles. The first-order valence-corrected chi connectivity index (χ1v) is 9.55. The molecule has 6 heteroatoms. The van der Waals surface area contributed by atoms with E-state index in [1.807, 2.05) is 23.1 Å². The molecule has 0 spiro atoms. The highest BCUT2D eigenvalue weighted by Crippen LogP contribution is 2.28. The fourth-order valence-electron chi connectivity index (χ4n) is 3.85. The first-order chi connectivity index (χ1) is 12.6. The zero-order valence-electron chi connectivity index (χ0n) is 15.1. The smallest absolute Gasteiger partial charge is 0.251 e. The Balaban J connectivity index is 1.38. The predicted octanol–water partition coefficient (Wildman–Crippen LogP) is 1.71. The lowest BCUT2D eigenvalue weighted by atomic mass is 9.94. The second-order valence-electron chi connectivity index (χ2n) is 7.15. The largest absolute Gasteiger partial charge is 0.354 e. The summed E-state index contributed by atoms with van der Waals surface area (Å²) in [4.78, 5) is 38.4. The average Bonchev–Trinajstić information content (AvgIpc) is 3.08. The van der Waals surface area contributed by atoms with Crippen LogP contribution in [0.25, 0.3) is 0 Å².